The van der Waals surface area contributed by atoms with Gasteiger partial charge < -0.3 is 9.47 Å². The SMILES string of the molecule is CONC(=O)c1cc(-c2ccc3c(c2)OCCO3)nc2ccccc12. The predicted octanol–water partition coefficient (Wildman–Crippen LogP) is 2.96. The van der Waals surface area contributed by atoms with Gasteiger partial charge in [-0.05, 0) is 30.3 Å². The molecule has 0 fully saturated rings. The molecule has 0 saturated heterocycles. The molecule has 1 aliphatic rings. The summed E-state index contributed by atoms with van der Waals surface area (Å²) in [6.07, 6.45) is 0. The van der Waals surface area contributed by atoms with Crippen molar-refractivity contribution in [1.82, 2.24) is 10.5 Å². The number of nitrogens with one attached hydrogen (secondary N) is 1. The number of fused-ring (bicyclic) bond motifs is 2. The van der Waals surface area contributed by atoms with Crippen LogP contribution in [-0.4, -0.2) is 31.2 Å². The van der Waals surface area contributed by atoms with Crippen LogP contribution in [0.25, 0.3) is 22.2 Å². The molecule has 25 heavy (non-hydrogen) atoms. The van der Waals surface area contributed by atoms with Crippen molar-refractivity contribution in [3.05, 3.63) is 54.1 Å². The Bertz CT molecular complexity index is 955. The summed E-state index contributed by atoms with van der Waals surface area (Å²) in [5.41, 5.74) is 5.13. The van der Waals surface area contributed by atoms with Gasteiger partial charge >= 0.3 is 0 Å². The predicted molar refractivity (Wildman–Crippen MR) is 92.6 cm³/mol. The second kappa shape index (κ2) is 6.41. The van der Waals surface area contributed by atoms with E-state index in [1.807, 2.05) is 42.5 Å². The Labute approximate surface area is 144 Å². The topological polar surface area (TPSA) is 69.7 Å². The third-order valence-corrected chi connectivity index (χ3v) is 3.99. The van der Waals surface area contributed by atoms with Crippen molar-refractivity contribution in [1.29, 1.82) is 0 Å². The first-order chi connectivity index (χ1) is 12.3. The van der Waals surface area contributed by atoms with Crippen LogP contribution in [0.4, 0.5) is 0 Å². The third kappa shape index (κ3) is 2.88. The summed E-state index contributed by atoms with van der Waals surface area (Å²) in [4.78, 5) is 21.8. The first-order valence-electron chi connectivity index (χ1n) is 7.89. The molecule has 0 atom stereocenters. The average molecular weight is 336 g/mol. The molecule has 2 heterocycles. The number of hydrogen-bond acceptors (Lipinski definition) is 5. The number of para-hydroxylation sites is 1. The van der Waals surface area contributed by atoms with Crippen LogP contribution in [0, 0.1) is 0 Å². The van der Waals surface area contributed by atoms with Gasteiger partial charge in [-0.25, -0.2) is 10.5 Å². The second-order valence-corrected chi connectivity index (χ2v) is 5.57. The fourth-order valence-electron chi connectivity index (χ4n) is 2.86. The minimum absolute atomic E-state index is 0.320. The molecule has 126 valence electrons. The van der Waals surface area contributed by atoms with Crippen LogP contribution in [0.2, 0.25) is 0 Å². The molecule has 1 aromatic heterocycles. The Kier molecular flexibility index (Phi) is 3.95. The summed E-state index contributed by atoms with van der Waals surface area (Å²) >= 11 is 0. The van der Waals surface area contributed by atoms with E-state index in [0.717, 1.165) is 16.5 Å². The van der Waals surface area contributed by atoms with Crippen molar-refractivity contribution in [3.63, 3.8) is 0 Å². The lowest BCUT2D eigenvalue weighted by atomic mass is 10.0. The number of nitrogens with zero attached hydrogens (tertiary/aromatic N) is 1. The summed E-state index contributed by atoms with van der Waals surface area (Å²) in [5, 5.41) is 0.762. The first kappa shape index (κ1) is 15.4. The van der Waals surface area contributed by atoms with Crippen molar-refractivity contribution in [2.45, 2.75) is 0 Å². The minimum atomic E-state index is -0.320. The number of ether oxygens (including phenoxy) is 2. The Balaban J connectivity index is 1.86. The molecule has 4 rings (SSSR count). The van der Waals surface area contributed by atoms with E-state index in [9.17, 15) is 4.79 Å². The normalized spacial score (nSPS) is 12.8. The van der Waals surface area contributed by atoms with E-state index in [1.165, 1.54) is 7.11 Å². The molecule has 0 bridgehead atoms. The number of rotatable bonds is 3. The molecule has 0 radical (unpaired) electrons. The van der Waals surface area contributed by atoms with Crippen LogP contribution in [0.15, 0.2) is 48.5 Å². The zero-order valence-corrected chi connectivity index (χ0v) is 13.6. The van der Waals surface area contributed by atoms with Gasteiger partial charge in [-0.3, -0.25) is 9.63 Å². The van der Waals surface area contributed by atoms with Crippen molar-refractivity contribution in [2.24, 2.45) is 0 Å². The number of hydrogen-bond donors (Lipinski definition) is 1. The van der Waals surface area contributed by atoms with E-state index in [4.69, 9.17) is 14.3 Å². The molecule has 0 aliphatic carbocycles. The Morgan fingerprint density at radius 3 is 2.72 bits per heavy atom. The van der Waals surface area contributed by atoms with Gasteiger partial charge in [0.25, 0.3) is 5.91 Å². The zero-order valence-electron chi connectivity index (χ0n) is 13.6. The average Bonchev–Trinajstić information content (AvgIpc) is 2.67. The number of hydroxylamine groups is 1. The van der Waals surface area contributed by atoms with E-state index >= 15 is 0 Å². The molecule has 6 nitrogen and oxygen atoms in total. The van der Waals surface area contributed by atoms with E-state index in [1.54, 1.807) is 6.07 Å². The standard InChI is InChI=1S/C19H16N2O4/c1-23-21-19(22)14-11-16(20-15-5-3-2-4-13(14)15)12-6-7-17-18(10-12)25-9-8-24-17/h2-7,10-11H,8-9H2,1H3,(H,21,22). The molecule has 0 spiro atoms. The molecule has 6 heteroatoms. The fraction of sp³-hybridized carbons (Fsp3) is 0.158. The van der Waals surface area contributed by atoms with Gasteiger partial charge in [0, 0.05) is 10.9 Å². The van der Waals surface area contributed by atoms with Crippen LogP contribution in [0.3, 0.4) is 0 Å². The van der Waals surface area contributed by atoms with Crippen molar-refractivity contribution in [2.75, 3.05) is 20.3 Å². The van der Waals surface area contributed by atoms with Gasteiger partial charge in [0.15, 0.2) is 11.5 Å². The van der Waals surface area contributed by atoms with Crippen LogP contribution >= 0.6 is 0 Å². The van der Waals surface area contributed by atoms with Crippen molar-refractivity contribution < 1.29 is 19.1 Å². The summed E-state index contributed by atoms with van der Waals surface area (Å²) in [5.74, 6) is 1.08. The van der Waals surface area contributed by atoms with Gasteiger partial charge in [0.1, 0.15) is 13.2 Å². The molecule has 0 unspecified atom stereocenters. The number of amides is 1. The highest BCUT2D eigenvalue weighted by Crippen LogP contribution is 2.35. The number of aromatic nitrogens is 1. The summed E-state index contributed by atoms with van der Waals surface area (Å²) < 4.78 is 11.2. The quantitative estimate of drug-likeness (QED) is 0.745. The highest BCUT2D eigenvalue weighted by Gasteiger charge is 2.16. The van der Waals surface area contributed by atoms with E-state index < -0.39 is 0 Å². The van der Waals surface area contributed by atoms with Gasteiger partial charge in [0.05, 0.1) is 23.9 Å². The van der Waals surface area contributed by atoms with Crippen LogP contribution < -0.4 is 15.0 Å². The maximum atomic E-state index is 12.4. The smallest absolute Gasteiger partial charge is 0.275 e. The van der Waals surface area contributed by atoms with Gasteiger partial charge in [-0.1, -0.05) is 18.2 Å². The van der Waals surface area contributed by atoms with Crippen LogP contribution in [0.1, 0.15) is 10.4 Å². The lowest BCUT2D eigenvalue weighted by molar-refractivity contribution is 0.0539. The summed E-state index contributed by atoms with van der Waals surface area (Å²) in [6, 6.07) is 14.9. The van der Waals surface area contributed by atoms with E-state index in [0.29, 0.717) is 36.0 Å². The van der Waals surface area contributed by atoms with Crippen LogP contribution in [-0.2, 0) is 4.84 Å². The maximum absolute atomic E-state index is 12.4. The molecule has 1 N–H and O–H groups in total. The Hall–Kier alpha value is -3.12. The van der Waals surface area contributed by atoms with E-state index in [2.05, 4.69) is 10.5 Å². The Morgan fingerprint density at radius 2 is 1.88 bits per heavy atom. The van der Waals surface area contributed by atoms with Gasteiger partial charge in [-0.15, -0.1) is 0 Å². The van der Waals surface area contributed by atoms with Crippen molar-refractivity contribution in [3.8, 4) is 22.8 Å². The lowest BCUT2D eigenvalue weighted by Gasteiger charge is -2.19. The largest absolute Gasteiger partial charge is 0.486 e. The third-order valence-electron chi connectivity index (χ3n) is 3.99. The molecule has 2 aromatic carbocycles. The molecular formula is C19H16N2O4. The number of benzene rings is 2. The molecule has 0 saturated carbocycles. The fourth-order valence-corrected chi connectivity index (χ4v) is 2.86. The van der Waals surface area contributed by atoms with Crippen molar-refractivity contribution >= 4 is 16.8 Å². The van der Waals surface area contributed by atoms with E-state index in [-0.39, 0.29) is 5.91 Å². The number of carbonyl (C=O) groups excluding carboxylic acids is 1. The first-order valence-corrected chi connectivity index (χ1v) is 7.89. The lowest BCUT2D eigenvalue weighted by Crippen LogP contribution is -2.22. The summed E-state index contributed by atoms with van der Waals surface area (Å²) in [7, 11) is 1.41. The molecular weight excluding hydrogens is 320 g/mol. The molecule has 1 amide bonds. The Morgan fingerprint density at radius 1 is 1.08 bits per heavy atom. The number of carbonyl (C=O) groups is 1. The zero-order chi connectivity index (χ0) is 17.2. The summed E-state index contributed by atoms with van der Waals surface area (Å²) in [6.45, 7) is 1.06. The van der Waals surface area contributed by atoms with Gasteiger partial charge in [0.2, 0.25) is 0 Å². The number of pyridine rings is 1. The maximum Gasteiger partial charge on any atom is 0.275 e. The highest BCUT2D eigenvalue weighted by atomic mass is 16.6. The van der Waals surface area contributed by atoms with Crippen LogP contribution in [0.5, 0.6) is 11.5 Å². The highest BCUT2D eigenvalue weighted by molar-refractivity contribution is 6.06. The van der Waals surface area contributed by atoms with Gasteiger partial charge in [-0.2, -0.15) is 0 Å². The molecule has 1 aliphatic heterocycles. The monoisotopic (exact) mass is 336 g/mol. The minimum Gasteiger partial charge on any atom is -0.486 e. The molecule has 3 aromatic rings. The second-order valence-electron chi connectivity index (χ2n) is 5.57.